The smallest absolute Gasteiger partial charge is 0.228 e. The van der Waals surface area contributed by atoms with E-state index in [9.17, 15) is 4.79 Å². The van der Waals surface area contributed by atoms with Gasteiger partial charge in [0.1, 0.15) is 0 Å². The molecule has 1 amide bonds. The molecular formula is C13H10ClN3OS. The van der Waals surface area contributed by atoms with Crippen LogP contribution < -0.4 is 11.1 Å². The van der Waals surface area contributed by atoms with Gasteiger partial charge in [-0.3, -0.25) is 4.79 Å². The third-order valence-electron chi connectivity index (χ3n) is 2.82. The van der Waals surface area contributed by atoms with Gasteiger partial charge in [0, 0.05) is 16.1 Å². The minimum Gasteiger partial charge on any atom is -0.375 e. The second-order valence-corrected chi connectivity index (χ2v) is 5.50. The zero-order chi connectivity index (χ0) is 13.4. The van der Waals surface area contributed by atoms with E-state index in [-0.39, 0.29) is 5.91 Å². The Morgan fingerprint density at radius 2 is 2.26 bits per heavy atom. The van der Waals surface area contributed by atoms with E-state index in [0.29, 0.717) is 16.6 Å². The van der Waals surface area contributed by atoms with Gasteiger partial charge >= 0.3 is 0 Å². The zero-order valence-corrected chi connectivity index (χ0v) is 11.4. The molecule has 0 radical (unpaired) electrons. The molecule has 0 saturated carbocycles. The number of carbonyl (C=O) groups excluding carboxylic acids is 1. The van der Waals surface area contributed by atoms with E-state index in [1.54, 1.807) is 6.07 Å². The van der Waals surface area contributed by atoms with Crippen LogP contribution in [0.15, 0.2) is 17.5 Å². The molecule has 96 valence electrons. The summed E-state index contributed by atoms with van der Waals surface area (Å²) >= 11 is 7.57. The van der Waals surface area contributed by atoms with Crippen LogP contribution in [0, 0.1) is 0 Å². The van der Waals surface area contributed by atoms with Gasteiger partial charge in [0.15, 0.2) is 5.13 Å². The van der Waals surface area contributed by atoms with E-state index in [1.165, 1.54) is 11.3 Å². The standard InChI is InChI=1S/C13H10ClN3OS/c14-10-5-11-8(4-12(18)17-11)3-7(10)1-2-9-6-19-13(15)16-9/h1-3,5-6H,4H2,(H2,15,16)(H,17,18). The molecule has 0 atom stereocenters. The molecular weight excluding hydrogens is 282 g/mol. The molecule has 1 aromatic heterocycles. The molecule has 0 saturated heterocycles. The molecule has 2 heterocycles. The number of carbonyl (C=O) groups is 1. The van der Waals surface area contributed by atoms with Crippen LogP contribution >= 0.6 is 22.9 Å². The maximum absolute atomic E-state index is 11.3. The molecule has 0 unspecified atom stereocenters. The molecule has 1 aromatic carbocycles. The van der Waals surface area contributed by atoms with E-state index in [2.05, 4.69) is 10.3 Å². The van der Waals surface area contributed by atoms with Crippen LogP contribution in [-0.4, -0.2) is 10.9 Å². The van der Waals surface area contributed by atoms with Crippen molar-refractivity contribution in [3.63, 3.8) is 0 Å². The highest BCUT2D eigenvalue weighted by molar-refractivity contribution is 7.13. The number of amides is 1. The van der Waals surface area contributed by atoms with Gasteiger partial charge in [0.05, 0.1) is 12.1 Å². The highest BCUT2D eigenvalue weighted by Crippen LogP contribution is 2.30. The Morgan fingerprint density at radius 3 is 3.00 bits per heavy atom. The van der Waals surface area contributed by atoms with Gasteiger partial charge in [-0.15, -0.1) is 11.3 Å². The lowest BCUT2D eigenvalue weighted by Gasteiger charge is -2.03. The summed E-state index contributed by atoms with van der Waals surface area (Å²) in [5.74, 6) is -0.000490. The number of hydrogen-bond donors (Lipinski definition) is 2. The maximum atomic E-state index is 11.3. The summed E-state index contributed by atoms with van der Waals surface area (Å²) in [5.41, 5.74) is 8.99. The van der Waals surface area contributed by atoms with E-state index in [0.717, 1.165) is 22.5 Å². The highest BCUT2D eigenvalue weighted by Gasteiger charge is 2.18. The third-order valence-corrected chi connectivity index (χ3v) is 3.84. The van der Waals surface area contributed by atoms with Crippen LogP contribution in [0.5, 0.6) is 0 Å². The van der Waals surface area contributed by atoms with Crippen molar-refractivity contribution in [2.45, 2.75) is 6.42 Å². The number of aromatic nitrogens is 1. The summed E-state index contributed by atoms with van der Waals surface area (Å²) in [6.45, 7) is 0. The number of nitrogens with two attached hydrogens (primary N) is 1. The quantitative estimate of drug-likeness (QED) is 0.893. The average Bonchev–Trinajstić information content (AvgIpc) is 2.91. The van der Waals surface area contributed by atoms with Crippen LogP contribution in [0.1, 0.15) is 16.8 Å². The predicted molar refractivity (Wildman–Crippen MR) is 79.2 cm³/mol. The number of nitrogens with one attached hydrogen (secondary N) is 1. The number of fused-ring (bicyclic) bond motifs is 1. The first-order valence-electron chi connectivity index (χ1n) is 5.63. The second kappa shape index (κ2) is 4.68. The topological polar surface area (TPSA) is 68.0 Å². The molecule has 3 rings (SSSR count). The van der Waals surface area contributed by atoms with Crippen molar-refractivity contribution in [1.82, 2.24) is 4.98 Å². The number of anilines is 2. The second-order valence-electron chi connectivity index (χ2n) is 4.20. The van der Waals surface area contributed by atoms with Gasteiger partial charge in [-0.1, -0.05) is 17.7 Å². The normalized spacial score (nSPS) is 13.8. The number of thiazole rings is 1. The van der Waals surface area contributed by atoms with Gasteiger partial charge in [0.2, 0.25) is 5.91 Å². The Hall–Kier alpha value is -1.85. The number of hydrogen-bond acceptors (Lipinski definition) is 4. The third kappa shape index (κ3) is 2.47. The Balaban J connectivity index is 1.92. The van der Waals surface area contributed by atoms with E-state index >= 15 is 0 Å². The summed E-state index contributed by atoms with van der Waals surface area (Å²) in [6.07, 6.45) is 4.13. The van der Waals surface area contributed by atoms with Gasteiger partial charge in [-0.25, -0.2) is 4.98 Å². The van der Waals surface area contributed by atoms with Gasteiger partial charge in [-0.2, -0.15) is 0 Å². The summed E-state index contributed by atoms with van der Waals surface area (Å²) in [4.78, 5) is 15.4. The lowest BCUT2D eigenvalue weighted by Crippen LogP contribution is -2.03. The molecule has 1 aliphatic rings. The summed E-state index contributed by atoms with van der Waals surface area (Å²) in [5, 5.41) is 5.78. The van der Waals surface area contributed by atoms with Crippen LogP contribution in [-0.2, 0) is 11.2 Å². The molecule has 0 bridgehead atoms. The maximum Gasteiger partial charge on any atom is 0.228 e. The molecule has 2 aromatic rings. The molecule has 3 N–H and O–H groups in total. The highest BCUT2D eigenvalue weighted by atomic mass is 35.5. The number of halogens is 1. The first-order valence-corrected chi connectivity index (χ1v) is 6.89. The Morgan fingerprint density at radius 1 is 1.42 bits per heavy atom. The minimum absolute atomic E-state index is 0.000490. The fourth-order valence-electron chi connectivity index (χ4n) is 1.95. The van der Waals surface area contributed by atoms with Crippen molar-refractivity contribution in [2.24, 2.45) is 0 Å². The molecule has 0 spiro atoms. The molecule has 0 fully saturated rings. The lowest BCUT2D eigenvalue weighted by atomic mass is 10.1. The molecule has 6 heteroatoms. The van der Waals surface area contributed by atoms with Gasteiger partial charge in [-0.05, 0) is 29.3 Å². The SMILES string of the molecule is Nc1nc(C=Cc2cc3c(cc2Cl)NC(=O)C3)cs1. The zero-order valence-electron chi connectivity index (χ0n) is 9.81. The first-order chi connectivity index (χ1) is 9.11. The van der Waals surface area contributed by atoms with Crippen molar-refractivity contribution in [3.05, 3.63) is 39.4 Å². The number of rotatable bonds is 2. The van der Waals surface area contributed by atoms with Crippen molar-refractivity contribution in [2.75, 3.05) is 11.1 Å². The monoisotopic (exact) mass is 291 g/mol. The Labute approximate surface area is 118 Å². The number of nitrogens with zero attached hydrogens (tertiary/aromatic N) is 1. The van der Waals surface area contributed by atoms with Crippen LogP contribution in [0.25, 0.3) is 12.2 Å². The van der Waals surface area contributed by atoms with Crippen LogP contribution in [0.4, 0.5) is 10.8 Å². The van der Waals surface area contributed by atoms with Gasteiger partial charge < -0.3 is 11.1 Å². The van der Waals surface area contributed by atoms with E-state index in [4.69, 9.17) is 17.3 Å². The fraction of sp³-hybridized carbons (Fsp3) is 0.0769. The molecule has 4 nitrogen and oxygen atoms in total. The minimum atomic E-state index is -0.000490. The average molecular weight is 292 g/mol. The van der Waals surface area contributed by atoms with Crippen LogP contribution in [0.2, 0.25) is 5.02 Å². The molecule has 1 aliphatic heterocycles. The van der Waals surface area contributed by atoms with Crippen molar-refractivity contribution in [1.29, 1.82) is 0 Å². The van der Waals surface area contributed by atoms with Crippen molar-refractivity contribution in [3.8, 4) is 0 Å². The van der Waals surface area contributed by atoms with Gasteiger partial charge in [0.25, 0.3) is 0 Å². The number of nitrogen functional groups attached to an aromatic ring is 1. The van der Waals surface area contributed by atoms with Crippen molar-refractivity contribution < 1.29 is 4.79 Å². The first kappa shape index (κ1) is 12.2. The fourth-order valence-corrected chi connectivity index (χ4v) is 2.70. The summed E-state index contributed by atoms with van der Waals surface area (Å²) in [6, 6.07) is 3.69. The molecule has 0 aliphatic carbocycles. The summed E-state index contributed by atoms with van der Waals surface area (Å²) in [7, 11) is 0. The predicted octanol–water partition coefficient (Wildman–Crippen LogP) is 3.04. The van der Waals surface area contributed by atoms with E-state index < -0.39 is 0 Å². The summed E-state index contributed by atoms with van der Waals surface area (Å²) < 4.78 is 0. The lowest BCUT2D eigenvalue weighted by molar-refractivity contribution is -0.115. The van der Waals surface area contributed by atoms with Crippen molar-refractivity contribution >= 4 is 51.8 Å². The van der Waals surface area contributed by atoms with E-state index in [1.807, 2.05) is 23.6 Å². The number of benzene rings is 1. The largest absolute Gasteiger partial charge is 0.375 e. The van der Waals surface area contributed by atoms with Crippen LogP contribution in [0.3, 0.4) is 0 Å². The molecule has 19 heavy (non-hydrogen) atoms. The Kier molecular flexibility index (Phi) is 3.00. The Bertz CT molecular complexity index is 693.